The summed E-state index contributed by atoms with van der Waals surface area (Å²) in [5, 5.41) is 0.967. The standard InChI is InChI=1S/C27H30N2O4/c1-18-22-9-5-7-11-24(22)32-25(18)26(31)29-16-20-8-4-6-10-23(20)33-27(17-29)14-12-21(13-15-27)28(3)19(2)30/h4-11,21H,12-17H2,1-3H3. The van der Waals surface area contributed by atoms with E-state index in [-0.39, 0.29) is 17.9 Å². The van der Waals surface area contributed by atoms with Gasteiger partial charge >= 0.3 is 0 Å². The fourth-order valence-electron chi connectivity index (χ4n) is 5.31. The summed E-state index contributed by atoms with van der Waals surface area (Å²) in [5.74, 6) is 1.22. The van der Waals surface area contributed by atoms with Crippen LogP contribution in [-0.4, -0.2) is 46.8 Å². The van der Waals surface area contributed by atoms with Gasteiger partial charge in [0.25, 0.3) is 5.91 Å². The number of furan rings is 1. The Morgan fingerprint density at radius 3 is 2.48 bits per heavy atom. The molecule has 3 aromatic rings. The highest BCUT2D eigenvalue weighted by molar-refractivity contribution is 5.99. The number of para-hydroxylation sites is 2. The molecule has 1 spiro atoms. The molecule has 0 atom stereocenters. The summed E-state index contributed by atoms with van der Waals surface area (Å²) < 4.78 is 12.7. The number of fused-ring (bicyclic) bond motifs is 2. The lowest BCUT2D eigenvalue weighted by molar-refractivity contribution is -0.131. The average Bonchev–Trinajstić information content (AvgIpc) is 3.06. The van der Waals surface area contributed by atoms with Crippen molar-refractivity contribution >= 4 is 22.8 Å². The first-order chi connectivity index (χ1) is 15.9. The van der Waals surface area contributed by atoms with Crippen molar-refractivity contribution in [2.45, 2.75) is 57.7 Å². The Kier molecular flexibility index (Phi) is 5.39. The topological polar surface area (TPSA) is 63.0 Å². The highest BCUT2D eigenvalue weighted by Crippen LogP contribution is 2.40. The minimum Gasteiger partial charge on any atom is -0.485 e. The van der Waals surface area contributed by atoms with Gasteiger partial charge in [-0.05, 0) is 44.7 Å². The molecule has 0 bridgehead atoms. The minimum atomic E-state index is -0.476. The van der Waals surface area contributed by atoms with Crippen LogP contribution in [0.15, 0.2) is 52.9 Å². The molecule has 2 aromatic carbocycles. The molecule has 6 nitrogen and oxygen atoms in total. The van der Waals surface area contributed by atoms with Gasteiger partial charge in [-0.15, -0.1) is 0 Å². The van der Waals surface area contributed by atoms with Gasteiger partial charge < -0.3 is 19.0 Å². The molecule has 0 saturated heterocycles. The Morgan fingerprint density at radius 2 is 1.76 bits per heavy atom. The predicted molar refractivity (Wildman–Crippen MR) is 126 cm³/mol. The van der Waals surface area contributed by atoms with E-state index in [2.05, 4.69) is 0 Å². The van der Waals surface area contributed by atoms with E-state index in [1.807, 2.05) is 72.3 Å². The van der Waals surface area contributed by atoms with Gasteiger partial charge in [-0.1, -0.05) is 36.4 Å². The van der Waals surface area contributed by atoms with E-state index >= 15 is 0 Å². The van der Waals surface area contributed by atoms with Crippen molar-refractivity contribution in [1.29, 1.82) is 0 Å². The van der Waals surface area contributed by atoms with Crippen LogP contribution in [0, 0.1) is 6.92 Å². The number of rotatable bonds is 2. The lowest BCUT2D eigenvalue weighted by atomic mass is 9.81. The molecule has 1 fully saturated rings. The van der Waals surface area contributed by atoms with Crippen LogP contribution in [0.2, 0.25) is 0 Å². The summed E-state index contributed by atoms with van der Waals surface area (Å²) in [5.41, 5.74) is 2.12. The number of hydrogen-bond acceptors (Lipinski definition) is 4. The molecule has 0 radical (unpaired) electrons. The van der Waals surface area contributed by atoms with Gasteiger partial charge in [-0.25, -0.2) is 0 Å². The molecule has 0 N–H and O–H groups in total. The molecule has 2 amide bonds. The largest absolute Gasteiger partial charge is 0.485 e. The second-order valence-electron chi connectivity index (χ2n) is 9.47. The molecule has 1 aromatic heterocycles. The Hall–Kier alpha value is -3.28. The van der Waals surface area contributed by atoms with Gasteiger partial charge in [0.1, 0.15) is 16.9 Å². The second kappa shape index (κ2) is 8.25. The summed E-state index contributed by atoms with van der Waals surface area (Å²) >= 11 is 0. The molecule has 1 saturated carbocycles. The van der Waals surface area contributed by atoms with Crippen molar-refractivity contribution < 1.29 is 18.7 Å². The number of ether oxygens (including phenoxy) is 1. The molecule has 6 heteroatoms. The van der Waals surface area contributed by atoms with E-state index in [0.717, 1.165) is 53.5 Å². The van der Waals surface area contributed by atoms with E-state index in [1.54, 1.807) is 6.92 Å². The number of nitrogens with zero attached hydrogens (tertiary/aromatic N) is 2. The van der Waals surface area contributed by atoms with Crippen LogP contribution in [0.1, 0.15) is 54.3 Å². The smallest absolute Gasteiger partial charge is 0.290 e. The van der Waals surface area contributed by atoms with Gasteiger partial charge in [-0.3, -0.25) is 9.59 Å². The van der Waals surface area contributed by atoms with Gasteiger partial charge in [-0.2, -0.15) is 0 Å². The summed E-state index contributed by atoms with van der Waals surface area (Å²) in [4.78, 5) is 29.3. The van der Waals surface area contributed by atoms with Gasteiger partial charge in [0.2, 0.25) is 5.91 Å². The molecule has 2 aliphatic rings. The molecule has 5 rings (SSSR count). The van der Waals surface area contributed by atoms with Crippen LogP contribution in [-0.2, 0) is 11.3 Å². The maximum atomic E-state index is 13.8. The average molecular weight is 447 g/mol. The lowest BCUT2D eigenvalue weighted by Crippen LogP contribution is -2.52. The number of aryl methyl sites for hydroxylation is 1. The van der Waals surface area contributed by atoms with Crippen molar-refractivity contribution in [3.63, 3.8) is 0 Å². The third-order valence-corrected chi connectivity index (χ3v) is 7.38. The lowest BCUT2D eigenvalue weighted by Gasteiger charge is -2.43. The monoisotopic (exact) mass is 446 g/mol. The Bertz CT molecular complexity index is 1210. The van der Waals surface area contributed by atoms with Crippen LogP contribution < -0.4 is 4.74 Å². The number of hydrogen-bond donors (Lipinski definition) is 0. The first-order valence-electron chi connectivity index (χ1n) is 11.6. The SMILES string of the molecule is CC(=O)N(C)C1CCC2(CC1)CN(C(=O)c1oc3ccccc3c1C)Cc1ccccc1O2. The van der Waals surface area contributed by atoms with E-state index < -0.39 is 5.60 Å². The van der Waals surface area contributed by atoms with Crippen molar-refractivity contribution in [3.05, 3.63) is 65.4 Å². The highest BCUT2D eigenvalue weighted by Gasteiger charge is 2.43. The van der Waals surface area contributed by atoms with Gasteiger partial charge in [0, 0.05) is 43.1 Å². The fourth-order valence-corrected chi connectivity index (χ4v) is 5.31. The first kappa shape index (κ1) is 21.6. The van der Waals surface area contributed by atoms with Crippen LogP contribution in [0.5, 0.6) is 5.75 Å². The van der Waals surface area contributed by atoms with Crippen LogP contribution >= 0.6 is 0 Å². The third-order valence-electron chi connectivity index (χ3n) is 7.38. The molecule has 1 aliphatic carbocycles. The zero-order chi connectivity index (χ0) is 23.2. The Labute approximate surface area is 194 Å². The number of carbonyl (C=O) groups is 2. The Balaban J connectivity index is 1.47. The van der Waals surface area contributed by atoms with Crippen molar-refractivity contribution in [1.82, 2.24) is 9.80 Å². The Morgan fingerprint density at radius 1 is 1.06 bits per heavy atom. The summed E-state index contributed by atoms with van der Waals surface area (Å²) in [6.07, 6.45) is 3.27. The fraction of sp³-hybridized carbons (Fsp3) is 0.407. The summed E-state index contributed by atoms with van der Waals surface area (Å²) in [6, 6.07) is 15.9. The van der Waals surface area contributed by atoms with Crippen LogP contribution in [0.3, 0.4) is 0 Å². The summed E-state index contributed by atoms with van der Waals surface area (Å²) in [7, 11) is 1.87. The number of benzene rings is 2. The van der Waals surface area contributed by atoms with E-state index in [4.69, 9.17) is 9.15 Å². The van der Waals surface area contributed by atoms with Crippen molar-refractivity contribution in [2.24, 2.45) is 0 Å². The number of carbonyl (C=O) groups excluding carboxylic acids is 2. The number of amides is 2. The van der Waals surface area contributed by atoms with E-state index in [9.17, 15) is 9.59 Å². The molecular weight excluding hydrogens is 416 g/mol. The zero-order valence-electron chi connectivity index (χ0n) is 19.5. The molecular formula is C27H30N2O4. The van der Waals surface area contributed by atoms with E-state index in [1.165, 1.54) is 0 Å². The van der Waals surface area contributed by atoms with Crippen LogP contribution in [0.4, 0.5) is 0 Å². The van der Waals surface area contributed by atoms with Crippen LogP contribution in [0.25, 0.3) is 11.0 Å². The highest BCUT2D eigenvalue weighted by atomic mass is 16.5. The van der Waals surface area contributed by atoms with Crippen molar-refractivity contribution in [3.8, 4) is 5.75 Å². The van der Waals surface area contributed by atoms with Crippen molar-refractivity contribution in [2.75, 3.05) is 13.6 Å². The minimum absolute atomic E-state index is 0.0836. The quantitative estimate of drug-likeness (QED) is 0.560. The maximum Gasteiger partial charge on any atom is 0.290 e. The maximum absolute atomic E-state index is 13.8. The molecule has 0 unspecified atom stereocenters. The molecule has 2 heterocycles. The second-order valence-corrected chi connectivity index (χ2v) is 9.47. The predicted octanol–water partition coefficient (Wildman–Crippen LogP) is 4.94. The third kappa shape index (κ3) is 3.88. The molecule has 172 valence electrons. The van der Waals surface area contributed by atoms with Gasteiger partial charge in [0.15, 0.2) is 5.76 Å². The van der Waals surface area contributed by atoms with E-state index in [0.29, 0.717) is 18.8 Å². The zero-order valence-corrected chi connectivity index (χ0v) is 19.5. The molecule has 33 heavy (non-hydrogen) atoms. The normalized spacial score (nSPS) is 22.5. The molecule has 1 aliphatic heterocycles. The summed E-state index contributed by atoms with van der Waals surface area (Å²) in [6.45, 7) is 4.52. The first-order valence-corrected chi connectivity index (χ1v) is 11.6. The van der Waals surface area contributed by atoms with Gasteiger partial charge in [0.05, 0.1) is 6.54 Å².